The number of nitrogens with two attached hydrogens (primary N) is 1. The van der Waals surface area contributed by atoms with Crippen molar-refractivity contribution < 1.29 is 37.1 Å². The number of hydrogen-bond donors (Lipinski definition) is 4. The van der Waals surface area contributed by atoms with Gasteiger partial charge in [-0.1, -0.05) is 27.5 Å². The second kappa shape index (κ2) is 13.6. The summed E-state index contributed by atoms with van der Waals surface area (Å²) in [7, 11) is -4.38. The summed E-state index contributed by atoms with van der Waals surface area (Å²) >= 11 is 9.32. The predicted octanol–water partition coefficient (Wildman–Crippen LogP) is 3.08. The van der Waals surface area contributed by atoms with Gasteiger partial charge in [0.1, 0.15) is 17.4 Å². The third kappa shape index (κ3) is 11.1. The molecule has 0 fully saturated rings. The number of anilines is 1. The van der Waals surface area contributed by atoms with Crippen LogP contribution in [0.4, 0.5) is 10.5 Å². The van der Waals surface area contributed by atoms with Crippen LogP contribution in [0, 0.1) is 0 Å². The van der Waals surface area contributed by atoms with Crippen LogP contribution < -0.4 is 25.8 Å². The Labute approximate surface area is 239 Å². The van der Waals surface area contributed by atoms with Crippen LogP contribution in [0.1, 0.15) is 33.6 Å². The van der Waals surface area contributed by atoms with Gasteiger partial charge in [-0.15, -0.1) is 0 Å². The monoisotopic (exact) mass is 646 g/mol. The van der Waals surface area contributed by atoms with Crippen LogP contribution in [0.15, 0.2) is 51.8 Å². The normalized spacial score (nSPS) is 12.1. The van der Waals surface area contributed by atoms with E-state index in [1.54, 1.807) is 39.0 Å². The lowest BCUT2D eigenvalue weighted by Gasteiger charge is -2.23. The van der Waals surface area contributed by atoms with Gasteiger partial charge in [-0.25, -0.2) is 17.9 Å². The van der Waals surface area contributed by atoms with Crippen molar-refractivity contribution in [2.45, 2.75) is 50.2 Å². The van der Waals surface area contributed by atoms with Gasteiger partial charge in [-0.3, -0.25) is 14.4 Å². The molecule has 212 valence electrons. The second-order valence-corrected chi connectivity index (χ2v) is 12.1. The average Bonchev–Trinajstić information content (AvgIpc) is 2.80. The first-order valence-corrected chi connectivity index (χ1v) is 14.0. The molecule has 39 heavy (non-hydrogen) atoms. The molecular weight excluding hydrogens is 620 g/mol. The average molecular weight is 648 g/mol. The number of rotatable bonds is 11. The molecule has 0 saturated heterocycles. The maximum atomic E-state index is 12.8. The number of benzene rings is 2. The molecule has 0 heterocycles. The molecule has 0 unspecified atom stereocenters. The van der Waals surface area contributed by atoms with Crippen molar-refractivity contribution in [3.8, 4) is 5.75 Å². The van der Waals surface area contributed by atoms with Crippen molar-refractivity contribution in [1.82, 2.24) is 10.0 Å². The smallest absolute Gasteiger partial charge is 0.408 e. The molecule has 0 saturated carbocycles. The fourth-order valence-corrected chi connectivity index (χ4v) is 4.67. The molecule has 2 aromatic rings. The number of carbonyl (C=O) groups is 4. The Hall–Kier alpha value is -3.36. The van der Waals surface area contributed by atoms with E-state index in [0.29, 0.717) is 10.8 Å². The maximum Gasteiger partial charge on any atom is 0.408 e. The van der Waals surface area contributed by atoms with Crippen molar-refractivity contribution >= 4 is 67.1 Å². The van der Waals surface area contributed by atoms with E-state index >= 15 is 0 Å². The lowest BCUT2D eigenvalue weighted by atomic mass is 10.1. The summed E-state index contributed by atoms with van der Waals surface area (Å²) in [5.41, 5.74) is 4.51. The number of hydrogen-bond acceptors (Lipinski definition) is 8. The summed E-state index contributed by atoms with van der Waals surface area (Å²) in [4.78, 5) is 47.9. The van der Waals surface area contributed by atoms with Crippen molar-refractivity contribution in [1.29, 1.82) is 0 Å². The molecule has 5 N–H and O–H groups in total. The quantitative estimate of drug-likeness (QED) is 0.287. The molecule has 0 spiro atoms. The molecule has 2 aromatic carbocycles. The van der Waals surface area contributed by atoms with Gasteiger partial charge in [0.05, 0.1) is 9.92 Å². The third-order valence-electron chi connectivity index (χ3n) is 4.62. The van der Waals surface area contributed by atoms with E-state index in [1.807, 2.05) is 4.72 Å². The van der Waals surface area contributed by atoms with Crippen LogP contribution in [-0.2, 0) is 29.1 Å². The maximum absolute atomic E-state index is 12.8. The Bertz CT molecular complexity index is 1330. The molecular formula is C24H28BrClN4O8S. The Morgan fingerprint density at radius 2 is 1.72 bits per heavy atom. The number of sulfonamides is 1. The Morgan fingerprint density at radius 1 is 1.08 bits per heavy atom. The van der Waals surface area contributed by atoms with Gasteiger partial charge < -0.3 is 25.8 Å². The fraction of sp³-hybridized carbons (Fsp3) is 0.333. The van der Waals surface area contributed by atoms with E-state index < -0.39 is 45.5 Å². The molecule has 0 aliphatic rings. The van der Waals surface area contributed by atoms with Crippen molar-refractivity contribution in [2.75, 3.05) is 11.9 Å². The minimum atomic E-state index is -4.38. The number of ether oxygens (including phenoxy) is 2. The van der Waals surface area contributed by atoms with Gasteiger partial charge in [-0.05, 0) is 69.7 Å². The predicted molar refractivity (Wildman–Crippen MR) is 147 cm³/mol. The van der Waals surface area contributed by atoms with E-state index in [1.165, 1.54) is 12.1 Å². The van der Waals surface area contributed by atoms with Crippen LogP contribution in [0.3, 0.4) is 0 Å². The molecule has 0 radical (unpaired) electrons. The van der Waals surface area contributed by atoms with Gasteiger partial charge >= 0.3 is 6.09 Å². The largest absolute Gasteiger partial charge is 0.482 e. The van der Waals surface area contributed by atoms with E-state index in [9.17, 15) is 27.6 Å². The summed E-state index contributed by atoms with van der Waals surface area (Å²) in [5.74, 6) is -2.06. The molecule has 12 nitrogen and oxygen atoms in total. The topological polar surface area (TPSA) is 183 Å². The fourth-order valence-electron chi connectivity index (χ4n) is 2.92. The highest BCUT2D eigenvalue weighted by atomic mass is 79.9. The van der Waals surface area contributed by atoms with Crippen LogP contribution in [0.25, 0.3) is 0 Å². The number of alkyl carbamates (subject to hydrolysis) is 1. The van der Waals surface area contributed by atoms with Gasteiger partial charge in [-0.2, -0.15) is 0 Å². The Kier molecular flexibility index (Phi) is 11.1. The summed E-state index contributed by atoms with van der Waals surface area (Å²) in [6.45, 7) is 4.46. The van der Waals surface area contributed by atoms with Gasteiger partial charge in [0, 0.05) is 16.6 Å². The third-order valence-corrected chi connectivity index (χ3v) is 6.77. The van der Waals surface area contributed by atoms with Crippen LogP contribution in [-0.4, -0.2) is 50.5 Å². The van der Waals surface area contributed by atoms with Gasteiger partial charge in [0.2, 0.25) is 5.91 Å². The molecule has 0 aliphatic heterocycles. The minimum absolute atomic E-state index is 0.256. The van der Waals surface area contributed by atoms with E-state index in [4.69, 9.17) is 26.8 Å². The zero-order valence-corrected chi connectivity index (χ0v) is 24.4. The minimum Gasteiger partial charge on any atom is -0.482 e. The highest BCUT2D eigenvalue weighted by molar-refractivity contribution is 9.10. The number of halogens is 2. The zero-order valence-electron chi connectivity index (χ0n) is 21.2. The number of carbonyl (C=O) groups excluding carboxylic acids is 4. The zero-order chi connectivity index (χ0) is 29.4. The summed E-state index contributed by atoms with van der Waals surface area (Å²) in [6.07, 6.45) is -1.52. The number of nitrogens with one attached hydrogen (secondary N) is 3. The molecule has 2 rings (SSSR count). The second-order valence-electron chi connectivity index (χ2n) is 9.11. The molecule has 1 atom stereocenters. The Balaban J connectivity index is 2.02. The van der Waals surface area contributed by atoms with Crippen molar-refractivity contribution in [3.05, 3.63) is 52.0 Å². The van der Waals surface area contributed by atoms with E-state index in [0.717, 1.165) is 16.6 Å². The standard InChI is InChI=1S/C24H28BrClN4O8S/c1-24(2,3)38-23(34)29-18(9-11-20(27)31)22(33)30-39(35,36)16-7-5-15(6-8-16)28-21(32)13-37-19-10-4-14(25)12-17(19)26/h4-8,10,12,18H,9,11,13H2,1-3H3,(H2,27,31)(H,28,32)(H,29,34)(H,30,33)/t18-/m0/s1. The first-order valence-electron chi connectivity index (χ1n) is 11.4. The first-order chi connectivity index (χ1) is 18.1. The molecule has 0 aromatic heterocycles. The van der Waals surface area contributed by atoms with Crippen LogP contribution in [0.5, 0.6) is 5.75 Å². The number of primary amides is 1. The number of amides is 4. The summed E-state index contributed by atoms with van der Waals surface area (Å²) in [6, 6.07) is 8.44. The van der Waals surface area contributed by atoms with Crippen LogP contribution in [0.2, 0.25) is 5.02 Å². The lowest BCUT2D eigenvalue weighted by Crippen LogP contribution is -2.49. The van der Waals surface area contributed by atoms with Gasteiger partial charge in [0.25, 0.3) is 21.8 Å². The van der Waals surface area contributed by atoms with Crippen molar-refractivity contribution in [3.63, 3.8) is 0 Å². The van der Waals surface area contributed by atoms with E-state index in [-0.39, 0.29) is 30.0 Å². The highest BCUT2D eigenvalue weighted by Crippen LogP contribution is 2.27. The molecule has 0 bridgehead atoms. The first kappa shape index (κ1) is 31.9. The highest BCUT2D eigenvalue weighted by Gasteiger charge is 2.28. The molecule has 15 heteroatoms. The van der Waals surface area contributed by atoms with E-state index in [2.05, 4.69) is 26.6 Å². The summed E-state index contributed by atoms with van der Waals surface area (Å²) in [5, 5.41) is 5.10. The van der Waals surface area contributed by atoms with Crippen LogP contribution >= 0.6 is 27.5 Å². The van der Waals surface area contributed by atoms with Crippen molar-refractivity contribution in [2.24, 2.45) is 5.73 Å². The SMILES string of the molecule is CC(C)(C)OC(=O)N[C@@H](CCC(N)=O)C(=O)NS(=O)(=O)c1ccc(NC(=O)COc2ccc(Br)cc2Cl)cc1. The lowest BCUT2D eigenvalue weighted by molar-refractivity contribution is -0.122. The van der Waals surface area contributed by atoms with Gasteiger partial charge in [0.15, 0.2) is 6.61 Å². The molecule has 4 amide bonds. The summed E-state index contributed by atoms with van der Waals surface area (Å²) < 4.78 is 38.6. The Morgan fingerprint density at radius 3 is 2.28 bits per heavy atom. The molecule has 0 aliphatic carbocycles.